The fraction of sp³-hybridized carbons (Fsp3) is 0.333. The zero-order valence-corrected chi connectivity index (χ0v) is 16.6. The molecule has 1 N–H and O–H groups in total. The number of benzene rings is 2. The maximum absolute atomic E-state index is 12.1. The standard InChI is InChI=1S/C24H30N2O2/c1-2-3-4-5-6-10-20-28-23-17-15-22(16-18-23)24(27)26-25-19-11-14-21-12-8-7-9-13-21/h7-9,11-19H,2-6,10,20H2,1H3,(H,26,27)/b14-11+,25-19+. The van der Waals surface area contributed by atoms with E-state index in [2.05, 4.69) is 17.5 Å². The molecule has 28 heavy (non-hydrogen) atoms. The Bertz CT molecular complexity index is 737. The first-order valence-electron chi connectivity index (χ1n) is 10.1. The molecule has 0 spiro atoms. The van der Waals surface area contributed by atoms with Gasteiger partial charge in [0.2, 0.25) is 0 Å². The second-order valence-corrected chi connectivity index (χ2v) is 6.63. The van der Waals surface area contributed by atoms with Crippen LogP contribution in [0, 0.1) is 0 Å². The van der Waals surface area contributed by atoms with E-state index in [9.17, 15) is 4.79 Å². The van der Waals surface area contributed by atoms with Crippen molar-refractivity contribution in [2.24, 2.45) is 5.10 Å². The molecule has 0 saturated heterocycles. The highest BCUT2D eigenvalue weighted by Gasteiger charge is 2.04. The predicted molar refractivity (Wildman–Crippen MR) is 117 cm³/mol. The predicted octanol–water partition coefficient (Wildman–Crippen LogP) is 5.85. The van der Waals surface area contributed by atoms with Crippen LogP contribution in [0.15, 0.2) is 65.8 Å². The second-order valence-electron chi connectivity index (χ2n) is 6.63. The van der Waals surface area contributed by atoms with E-state index in [0.29, 0.717) is 5.56 Å². The van der Waals surface area contributed by atoms with Crippen molar-refractivity contribution in [2.45, 2.75) is 45.4 Å². The number of ether oxygens (including phenoxy) is 1. The van der Waals surface area contributed by atoms with Gasteiger partial charge in [0.15, 0.2) is 0 Å². The Morgan fingerprint density at radius 1 is 0.964 bits per heavy atom. The van der Waals surface area contributed by atoms with Crippen molar-refractivity contribution in [2.75, 3.05) is 6.61 Å². The molecule has 0 aliphatic heterocycles. The van der Waals surface area contributed by atoms with E-state index in [-0.39, 0.29) is 5.91 Å². The van der Waals surface area contributed by atoms with E-state index in [4.69, 9.17) is 4.74 Å². The SMILES string of the molecule is CCCCCCCCOc1ccc(C(=O)N/N=C/C=C/c2ccccc2)cc1. The van der Waals surface area contributed by atoms with Gasteiger partial charge in [-0.2, -0.15) is 5.10 Å². The maximum Gasteiger partial charge on any atom is 0.271 e. The van der Waals surface area contributed by atoms with Crippen molar-refractivity contribution in [3.05, 3.63) is 71.8 Å². The molecule has 0 atom stereocenters. The summed E-state index contributed by atoms with van der Waals surface area (Å²) in [4.78, 5) is 12.1. The van der Waals surface area contributed by atoms with Crippen LogP contribution in [-0.2, 0) is 0 Å². The summed E-state index contributed by atoms with van der Waals surface area (Å²) in [5.41, 5.74) is 4.15. The van der Waals surface area contributed by atoms with E-state index in [1.54, 1.807) is 24.4 Å². The zero-order valence-electron chi connectivity index (χ0n) is 16.6. The van der Waals surface area contributed by atoms with Gasteiger partial charge >= 0.3 is 0 Å². The van der Waals surface area contributed by atoms with Gasteiger partial charge in [0.05, 0.1) is 6.61 Å². The third-order valence-electron chi connectivity index (χ3n) is 4.30. The van der Waals surface area contributed by atoms with Crippen LogP contribution in [-0.4, -0.2) is 18.7 Å². The molecule has 0 saturated carbocycles. The molecule has 4 nitrogen and oxygen atoms in total. The quantitative estimate of drug-likeness (QED) is 0.286. The molecule has 4 heteroatoms. The number of hydrazone groups is 1. The smallest absolute Gasteiger partial charge is 0.271 e. The molecular formula is C24H30N2O2. The van der Waals surface area contributed by atoms with Crippen molar-refractivity contribution in [1.29, 1.82) is 0 Å². The Morgan fingerprint density at radius 3 is 2.43 bits per heavy atom. The fourth-order valence-corrected chi connectivity index (χ4v) is 2.70. The highest BCUT2D eigenvalue weighted by atomic mass is 16.5. The Morgan fingerprint density at radius 2 is 1.68 bits per heavy atom. The molecule has 0 bridgehead atoms. The van der Waals surface area contributed by atoms with Crippen molar-refractivity contribution >= 4 is 18.2 Å². The minimum absolute atomic E-state index is 0.244. The Kier molecular flexibility index (Phi) is 10.2. The lowest BCUT2D eigenvalue weighted by molar-refractivity contribution is 0.0955. The fourth-order valence-electron chi connectivity index (χ4n) is 2.70. The van der Waals surface area contributed by atoms with Gasteiger partial charge in [0, 0.05) is 11.8 Å². The summed E-state index contributed by atoms with van der Waals surface area (Å²) in [7, 11) is 0. The lowest BCUT2D eigenvalue weighted by Crippen LogP contribution is -2.17. The van der Waals surface area contributed by atoms with Gasteiger partial charge < -0.3 is 4.74 Å². The molecule has 2 rings (SSSR count). The molecule has 0 fully saturated rings. The third kappa shape index (κ3) is 8.67. The number of carbonyl (C=O) groups excluding carboxylic acids is 1. The molecule has 0 aromatic heterocycles. The summed E-state index contributed by atoms with van der Waals surface area (Å²) >= 11 is 0. The van der Waals surface area contributed by atoms with Gasteiger partial charge in [-0.05, 0) is 42.3 Å². The first kappa shape index (κ1) is 21.4. The Hall–Kier alpha value is -2.88. The number of hydrogen-bond donors (Lipinski definition) is 1. The van der Waals surface area contributed by atoms with Gasteiger partial charge in [0.25, 0.3) is 5.91 Å². The van der Waals surface area contributed by atoms with Gasteiger partial charge in [-0.15, -0.1) is 0 Å². The van der Waals surface area contributed by atoms with Crippen LogP contribution in [0.4, 0.5) is 0 Å². The van der Waals surface area contributed by atoms with Crippen molar-refractivity contribution in [1.82, 2.24) is 5.43 Å². The topological polar surface area (TPSA) is 50.7 Å². The first-order chi connectivity index (χ1) is 13.8. The van der Waals surface area contributed by atoms with Gasteiger partial charge in [-0.25, -0.2) is 5.43 Å². The number of unbranched alkanes of at least 4 members (excludes halogenated alkanes) is 5. The van der Waals surface area contributed by atoms with E-state index >= 15 is 0 Å². The minimum atomic E-state index is -0.244. The lowest BCUT2D eigenvalue weighted by atomic mass is 10.1. The molecule has 148 valence electrons. The van der Waals surface area contributed by atoms with E-state index in [0.717, 1.165) is 24.3 Å². The van der Waals surface area contributed by atoms with Crippen molar-refractivity contribution in [3.8, 4) is 5.75 Å². The van der Waals surface area contributed by atoms with E-state index in [1.165, 1.54) is 32.1 Å². The molecule has 2 aromatic rings. The third-order valence-corrected chi connectivity index (χ3v) is 4.30. The lowest BCUT2D eigenvalue weighted by Gasteiger charge is -2.07. The normalized spacial score (nSPS) is 11.2. The van der Waals surface area contributed by atoms with Crippen molar-refractivity contribution in [3.63, 3.8) is 0 Å². The summed E-state index contributed by atoms with van der Waals surface area (Å²) in [6.45, 7) is 2.94. The zero-order chi connectivity index (χ0) is 19.9. The van der Waals surface area contributed by atoms with Gasteiger partial charge in [-0.1, -0.05) is 75.4 Å². The number of allylic oxidation sites excluding steroid dienone is 1. The van der Waals surface area contributed by atoms with Crippen molar-refractivity contribution < 1.29 is 9.53 Å². The average molecular weight is 379 g/mol. The first-order valence-corrected chi connectivity index (χ1v) is 10.1. The van der Waals surface area contributed by atoms with Crippen LogP contribution in [0.25, 0.3) is 6.08 Å². The molecule has 2 aromatic carbocycles. The summed E-state index contributed by atoms with van der Waals surface area (Å²) in [6, 6.07) is 17.1. The van der Waals surface area contributed by atoms with Crippen LogP contribution >= 0.6 is 0 Å². The largest absolute Gasteiger partial charge is 0.494 e. The summed E-state index contributed by atoms with van der Waals surface area (Å²) in [5, 5.41) is 3.93. The Balaban J connectivity index is 1.67. The highest BCUT2D eigenvalue weighted by Crippen LogP contribution is 2.13. The van der Waals surface area contributed by atoms with Crippen LogP contribution < -0.4 is 10.2 Å². The molecule has 0 radical (unpaired) electrons. The summed E-state index contributed by atoms with van der Waals surface area (Å²) < 4.78 is 5.73. The van der Waals surface area contributed by atoms with E-state index < -0.39 is 0 Å². The number of carbonyl (C=O) groups is 1. The number of nitrogens with one attached hydrogen (secondary N) is 1. The second kappa shape index (κ2) is 13.3. The number of amides is 1. The Labute approximate surface area is 168 Å². The average Bonchev–Trinajstić information content (AvgIpc) is 2.74. The maximum atomic E-state index is 12.1. The summed E-state index contributed by atoms with van der Waals surface area (Å²) in [5.74, 6) is 0.547. The number of rotatable bonds is 12. The van der Waals surface area contributed by atoms with E-state index in [1.807, 2.05) is 48.5 Å². The molecule has 0 aliphatic rings. The molecule has 1 amide bonds. The molecule has 0 aliphatic carbocycles. The number of hydrogen-bond acceptors (Lipinski definition) is 3. The number of nitrogens with zero attached hydrogens (tertiary/aromatic N) is 1. The monoisotopic (exact) mass is 378 g/mol. The highest BCUT2D eigenvalue weighted by molar-refractivity contribution is 5.94. The minimum Gasteiger partial charge on any atom is -0.494 e. The van der Waals surface area contributed by atoms with Gasteiger partial charge in [0.1, 0.15) is 5.75 Å². The summed E-state index contributed by atoms with van der Waals surface area (Å²) in [6.07, 6.45) is 12.7. The van der Waals surface area contributed by atoms with Crippen LogP contribution in [0.3, 0.4) is 0 Å². The van der Waals surface area contributed by atoms with Gasteiger partial charge in [-0.3, -0.25) is 4.79 Å². The van der Waals surface area contributed by atoms with Crippen LogP contribution in [0.5, 0.6) is 5.75 Å². The molecule has 0 heterocycles. The van der Waals surface area contributed by atoms with Crippen LogP contribution in [0.1, 0.15) is 61.4 Å². The molecule has 0 unspecified atom stereocenters. The van der Waals surface area contributed by atoms with Crippen LogP contribution in [0.2, 0.25) is 0 Å². The molecular weight excluding hydrogens is 348 g/mol.